The van der Waals surface area contributed by atoms with Crippen LogP contribution in [0, 0.1) is 13.8 Å². The predicted molar refractivity (Wildman–Crippen MR) is 74.8 cm³/mol. The summed E-state index contributed by atoms with van der Waals surface area (Å²) in [6, 6.07) is 6.08. The van der Waals surface area contributed by atoms with Gasteiger partial charge in [-0.3, -0.25) is 0 Å². The van der Waals surface area contributed by atoms with Gasteiger partial charge in [0.25, 0.3) is 0 Å². The first-order valence-corrected chi connectivity index (χ1v) is 7.28. The van der Waals surface area contributed by atoms with Crippen molar-refractivity contribution < 1.29 is 19.3 Å². The first-order valence-electron chi connectivity index (χ1n) is 7.28. The van der Waals surface area contributed by atoms with Gasteiger partial charge in [-0.2, -0.15) is 0 Å². The Morgan fingerprint density at radius 2 is 2.00 bits per heavy atom. The molecule has 0 amide bonds. The molecule has 1 aliphatic carbocycles. The van der Waals surface area contributed by atoms with Crippen molar-refractivity contribution in [3.63, 3.8) is 0 Å². The van der Waals surface area contributed by atoms with Crippen LogP contribution in [0.15, 0.2) is 18.2 Å². The molecule has 0 radical (unpaired) electrons. The van der Waals surface area contributed by atoms with Gasteiger partial charge >= 0.3 is 0 Å². The second-order valence-electron chi connectivity index (χ2n) is 5.84. The van der Waals surface area contributed by atoms with Crippen LogP contribution < -0.4 is 4.74 Å². The van der Waals surface area contributed by atoms with Crippen LogP contribution in [0.2, 0.25) is 0 Å². The zero-order chi connectivity index (χ0) is 14.2. The number of aliphatic hydroxyl groups is 1. The van der Waals surface area contributed by atoms with Gasteiger partial charge in [-0.1, -0.05) is 17.7 Å². The van der Waals surface area contributed by atoms with Crippen LogP contribution in [0.1, 0.15) is 30.4 Å². The lowest BCUT2D eigenvalue weighted by molar-refractivity contribution is -0.209. The summed E-state index contributed by atoms with van der Waals surface area (Å²) in [5, 5.41) is 10.2. The normalized spacial score (nSPS) is 28.8. The van der Waals surface area contributed by atoms with Gasteiger partial charge in [0, 0.05) is 12.8 Å². The number of aryl methyl sites for hydroxylation is 2. The molecule has 0 aromatic heterocycles. The predicted octanol–water partition coefficient (Wildman–Crippen LogP) is 2.34. The van der Waals surface area contributed by atoms with Gasteiger partial charge in [0.15, 0.2) is 5.79 Å². The van der Waals surface area contributed by atoms with E-state index in [-0.39, 0.29) is 6.10 Å². The largest absolute Gasteiger partial charge is 0.487 e. The summed E-state index contributed by atoms with van der Waals surface area (Å²) >= 11 is 0. The average molecular weight is 278 g/mol. The summed E-state index contributed by atoms with van der Waals surface area (Å²) < 4.78 is 17.5. The molecule has 1 heterocycles. The number of hydrogen-bond donors (Lipinski definition) is 1. The van der Waals surface area contributed by atoms with Gasteiger partial charge in [-0.25, -0.2) is 0 Å². The van der Waals surface area contributed by atoms with E-state index in [1.165, 1.54) is 5.56 Å². The molecule has 1 aliphatic heterocycles. The van der Waals surface area contributed by atoms with E-state index in [0.29, 0.717) is 26.1 Å². The number of aliphatic hydroxyl groups excluding tert-OH is 1. The molecule has 2 fully saturated rings. The van der Waals surface area contributed by atoms with Gasteiger partial charge in [0.05, 0.1) is 19.3 Å². The standard InChI is InChI=1S/C16H22O4/c1-11-3-4-14(12(2)9-11)20-15-10-16(6-5-13(15)17)18-7-8-19-16/h3-4,9,13,15,17H,5-8,10H2,1-2H3. The molecule has 2 aliphatic rings. The van der Waals surface area contributed by atoms with Crippen molar-refractivity contribution in [2.75, 3.05) is 13.2 Å². The highest BCUT2D eigenvalue weighted by molar-refractivity contribution is 5.35. The molecular weight excluding hydrogens is 256 g/mol. The summed E-state index contributed by atoms with van der Waals surface area (Å²) in [7, 11) is 0. The molecule has 1 aromatic rings. The molecule has 0 bridgehead atoms. The number of benzene rings is 1. The Hall–Kier alpha value is -1.10. The minimum absolute atomic E-state index is 0.275. The number of ether oxygens (including phenoxy) is 3. The van der Waals surface area contributed by atoms with Crippen LogP contribution in [-0.4, -0.2) is 36.3 Å². The van der Waals surface area contributed by atoms with Crippen molar-refractivity contribution in [1.29, 1.82) is 0 Å². The van der Waals surface area contributed by atoms with Crippen LogP contribution in [0.3, 0.4) is 0 Å². The zero-order valence-corrected chi connectivity index (χ0v) is 12.1. The number of rotatable bonds is 2. The van der Waals surface area contributed by atoms with Crippen molar-refractivity contribution in [3.05, 3.63) is 29.3 Å². The van der Waals surface area contributed by atoms with Gasteiger partial charge in [-0.05, 0) is 31.9 Å². The van der Waals surface area contributed by atoms with Gasteiger partial charge < -0.3 is 19.3 Å². The molecule has 4 nitrogen and oxygen atoms in total. The highest BCUT2D eigenvalue weighted by Gasteiger charge is 2.45. The minimum atomic E-state index is -0.539. The summed E-state index contributed by atoms with van der Waals surface area (Å²) in [6.07, 6.45) is 1.23. The zero-order valence-electron chi connectivity index (χ0n) is 12.1. The lowest BCUT2D eigenvalue weighted by Crippen LogP contribution is -2.47. The summed E-state index contributed by atoms with van der Waals surface area (Å²) in [5.74, 6) is 0.289. The highest BCUT2D eigenvalue weighted by atomic mass is 16.7. The van der Waals surface area contributed by atoms with E-state index in [1.807, 2.05) is 19.1 Å². The molecule has 2 atom stereocenters. The molecule has 2 unspecified atom stereocenters. The Balaban J connectivity index is 1.74. The molecule has 20 heavy (non-hydrogen) atoms. The molecule has 1 saturated carbocycles. The fourth-order valence-electron chi connectivity index (χ4n) is 3.07. The monoisotopic (exact) mass is 278 g/mol. The van der Waals surface area contributed by atoms with Crippen molar-refractivity contribution in [2.45, 2.75) is 51.1 Å². The molecule has 1 spiro atoms. The fourth-order valence-corrected chi connectivity index (χ4v) is 3.07. The summed E-state index contributed by atoms with van der Waals surface area (Å²) in [5.41, 5.74) is 2.29. The van der Waals surface area contributed by atoms with Crippen LogP contribution in [0.5, 0.6) is 5.75 Å². The first-order chi connectivity index (χ1) is 9.58. The quantitative estimate of drug-likeness (QED) is 0.902. The molecule has 1 saturated heterocycles. The Labute approximate surface area is 119 Å². The smallest absolute Gasteiger partial charge is 0.172 e. The van der Waals surface area contributed by atoms with E-state index in [0.717, 1.165) is 17.7 Å². The maximum atomic E-state index is 10.2. The van der Waals surface area contributed by atoms with E-state index in [9.17, 15) is 5.11 Å². The Morgan fingerprint density at radius 1 is 1.25 bits per heavy atom. The Morgan fingerprint density at radius 3 is 2.70 bits per heavy atom. The van der Waals surface area contributed by atoms with Gasteiger partial charge in [0.2, 0.25) is 0 Å². The Bertz CT molecular complexity index is 479. The van der Waals surface area contributed by atoms with Crippen LogP contribution in [0.25, 0.3) is 0 Å². The molecule has 110 valence electrons. The van der Waals surface area contributed by atoms with E-state index in [1.54, 1.807) is 0 Å². The molecular formula is C16H22O4. The van der Waals surface area contributed by atoms with Crippen molar-refractivity contribution in [2.24, 2.45) is 0 Å². The summed E-state index contributed by atoms with van der Waals surface area (Å²) in [6.45, 7) is 5.34. The SMILES string of the molecule is Cc1ccc(OC2CC3(CCC2O)OCCO3)c(C)c1. The third-order valence-corrected chi connectivity index (χ3v) is 4.18. The molecule has 3 rings (SSSR count). The Kier molecular flexibility index (Phi) is 3.71. The van der Waals surface area contributed by atoms with E-state index >= 15 is 0 Å². The van der Waals surface area contributed by atoms with Crippen molar-refractivity contribution >= 4 is 0 Å². The third-order valence-electron chi connectivity index (χ3n) is 4.18. The van der Waals surface area contributed by atoms with Crippen LogP contribution in [0.4, 0.5) is 0 Å². The van der Waals surface area contributed by atoms with Gasteiger partial charge in [0.1, 0.15) is 11.9 Å². The average Bonchev–Trinajstić information content (AvgIpc) is 2.86. The number of hydrogen-bond acceptors (Lipinski definition) is 4. The van der Waals surface area contributed by atoms with E-state index in [4.69, 9.17) is 14.2 Å². The maximum Gasteiger partial charge on any atom is 0.172 e. The van der Waals surface area contributed by atoms with Crippen LogP contribution >= 0.6 is 0 Å². The van der Waals surface area contributed by atoms with Gasteiger partial charge in [-0.15, -0.1) is 0 Å². The van der Waals surface area contributed by atoms with Crippen molar-refractivity contribution in [3.8, 4) is 5.75 Å². The molecule has 1 N–H and O–H groups in total. The topological polar surface area (TPSA) is 47.9 Å². The lowest BCUT2D eigenvalue weighted by Gasteiger charge is -2.39. The molecule has 1 aromatic carbocycles. The summed E-state index contributed by atoms with van der Waals surface area (Å²) in [4.78, 5) is 0. The van der Waals surface area contributed by atoms with Crippen LogP contribution in [-0.2, 0) is 9.47 Å². The highest BCUT2D eigenvalue weighted by Crippen LogP contribution is 2.38. The lowest BCUT2D eigenvalue weighted by atomic mass is 9.89. The van der Waals surface area contributed by atoms with E-state index in [2.05, 4.69) is 13.0 Å². The fraction of sp³-hybridized carbons (Fsp3) is 0.625. The third kappa shape index (κ3) is 2.68. The molecule has 4 heteroatoms. The minimum Gasteiger partial charge on any atom is -0.487 e. The second-order valence-corrected chi connectivity index (χ2v) is 5.84. The second kappa shape index (κ2) is 5.35. The van der Waals surface area contributed by atoms with Crippen molar-refractivity contribution in [1.82, 2.24) is 0 Å². The van der Waals surface area contributed by atoms with E-state index < -0.39 is 11.9 Å². The maximum absolute atomic E-state index is 10.2. The first kappa shape index (κ1) is 13.9.